The van der Waals surface area contributed by atoms with Crippen LogP contribution in [-0.4, -0.2) is 36.1 Å². The van der Waals surface area contributed by atoms with Gasteiger partial charge in [0.15, 0.2) is 0 Å². The van der Waals surface area contributed by atoms with Crippen LogP contribution in [0.4, 0.5) is 0 Å². The third-order valence-corrected chi connectivity index (χ3v) is 2.69. The molecule has 16 heavy (non-hydrogen) atoms. The summed E-state index contributed by atoms with van der Waals surface area (Å²) in [6.45, 7) is 2.94. The number of hydrogen-bond acceptors (Lipinski definition) is 3. The highest BCUT2D eigenvalue weighted by Gasteiger charge is 2.03. The Kier molecular flexibility index (Phi) is 12.9. The summed E-state index contributed by atoms with van der Waals surface area (Å²) in [5, 5.41) is 18.0. The lowest BCUT2D eigenvalue weighted by Crippen LogP contribution is -2.16. The van der Waals surface area contributed by atoms with Crippen molar-refractivity contribution in [2.45, 2.75) is 64.4 Å². The highest BCUT2D eigenvalue weighted by atomic mass is 16.5. The molecule has 0 aromatic heterocycles. The minimum Gasteiger partial charge on any atom is -0.394 e. The molecule has 98 valence electrons. The Labute approximate surface area is 99.8 Å². The predicted molar refractivity (Wildman–Crippen MR) is 66.5 cm³/mol. The Morgan fingerprint density at radius 2 is 1.62 bits per heavy atom. The molecule has 0 aromatic carbocycles. The van der Waals surface area contributed by atoms with Crippen molar-refractivity contribution in [1.29, 1.82) is 0 Å². The van der Waals surface area contributed by atoms with Crippen LogP contribution in [0.2, 0.25) is 0 Å². The van der Waals surface area contributed by atoms with E-state index < -0.39 is 0 Å². The quantitative estimate of drug-likeness (QED) is 0.508. The molecule has 0 heterocycles. The number of aliphatic hydroxyl groups excluding tert-OH is 2. The molecule has 1 atom stereocenters. The van der Waals surface area contributed by atoms with Crippen LogP contribution in [-0.2, 0) is 4.74 Å². The van der Waals surface area contributed by atoms with E-state index in [1.54, 1.807) is 0 Å². The van der Waals surface area contributed by atoms with Gasteiger partial charge < -0.3 is 14.9 Å². The van der Waals surface area contributed by atoms with E-state index in [0.29, 0.717) is 13.2 Å². The molecule has 0 rings (SSSR count). The van der Waals surface area contributed by atoms with Gasteiger partial charge in [0.25, 0.3) is 0 Å². The third kappa shape index (κ3) is 12.0. The average molecular weight is 232 g/mol. The summed E-state index contributed by atoms with van der Waals surface area (Å²) in [5.41, 5.74) is 0. The zero-order chi connectivity index (χ0) is 12.1. The first-order chi connectivity index (χ1) is 7.81. The molecular weight excluding hydrogens is 204 g/mol. The standard InChI is InChI=1S/C13H28O3/c1-2-3-4-5-6-7-8-9-13(15)12-16-11-10-14/h13-15H,2-12H2,1H3. The molecule has 1 unspecified atom stereocenters. The van der Waals surface area contributed by atoms with Crippen molar-refractivity contribution < 1.29 is 14.9 Å². The molecule has 0 aliphatic heterocycles. The first-order valence-corrected chi connectivity index (χ1v) is 6.68. The maximum Gasteiger partial charge on any atom is 0.0773 e. The normalized spacial score (nSPS) is 12.9. The highest BCUT2D eigenvalue weighted by Crippen LogP contribution is 2.09. The van der Waals surface area contributed by atoms with Gasteiger partial charge in [0.05, 0.1) is 25.9 Å². The molecule has 0 spiro atoms. The maximum absolute atomic E-state index is 9.51. The fraction of sp³-hybridized carbons (Fsp3) is 1.00. The summed E-state index contributed by atoms with van der Waals surface area (Å²) < 4.78 is 5.05. The zero-order valence-corrected chi connectivity index (χ0v) is 10.7. The first kappa shape index (κ1) is 15.9. The van der Waals surface area contributed by atoms with Crippen LogP contribution >= 0.6 is 0 Å². The smallest absolute Gasteiger partial charge is 0.0773 e. The van der Waals surface area contributed by atoms with Crippen molar-refractivity contribution in [2.75, 3.05) is 19.8 Å². The number of rotatable bonds is 12. The van der Waals surface area contributed by atoms with Crippen LogP contribution in [0.5, 0.6) is 0 Å². The Morgan fingerprint density at radius 1 is 1.00 bits per heavy atom. The molecule has 0 fully saturated rings. The Hall–Kier alpha value is -0.120. The monoisotopic (exact) mass is 232 g/mol. The van der Waals surface area contributed by atoms with Gasteiger partial charge in [-0.25, -0.2) is 0 Å². The van der Waals surface area contributed by atoms with E-state index in [4.69, 9.17) is 9.84 Å². The van der Waals surface area contributed by atoms with Gasteiger partial charge in [0.1, 0.15) is 0 Å². The van der Waals surface area contributed by atoms with Crippen LogP contribution in [0.3, 0.4) is 0 Å². The second-order valence-corrected chi connectivity index (χ2v) is 4.36. The van der Waals surface area contributed by atoms with E-state index >= 15 is 0 Å². The second kappa shape index (κ2) is 12.9. The van der Waals surface area contributed by atoms with Gasteiger partial charge in [0, 0.05) is 0 Å². The van der Waals surface area contributed by atoms with Crippen molar-refractivity contribution in [1.82, 2.24) is 0 Å². The largest absolute Gasteiger partial charge is 0.394 e. The fourth-order valence-electron chi connectivity index (χ4n) is 1.70. The molecule has 0 aromatic rings. The lowest BCUT2D eigenvalue weighted by atomic mass is 10.1. The molecule has 0 radical (unpaired) electrons. The van der Waals surface area contributed by atoms with Crippen molar-refractivity contribution in [3.63, 3.8) is 0 Å². The minimum absolute atomic E-state index is 0.0319. The van der Waals surface area contributed by atoms with E-state index in [2.05, 4.69) is 6.92 Å². The zero-order valence-electron chi connectivity index (χ0n) is 10.7. The summed E-state index contributed by atoms with van der Waals surface area (Å²) in [4.78, 5) is 0. The highest BCUT2D eigenvalue weighted by molar-refractivity contribution is 4.55. The molecule has 0 aliphatic carbocycles. The summed E-state index contributed by atoms with van der Waals surface area (Å²) in [7, 11) is 0. The van der Waals surface area contributed by atoms with Gasteiger partial charge in [-0.15, -0.1) is 0 Å². The lowest BCUT2D eigenvalue weighted by Gasteiger charge is -2.10. The molecule has 0 saturated carbocycles. The van der Waals surface area contributed by atoms with Crippen LogP contribution < -0.4 is 0 Å². The molecule has 0 saturated heterocycles. The van der Waals surface area contributed by atoms with E-state index in [-0.39, 0.29) is 12.7 Å². The summed E-state index contributed by atoms with van der Waals surface area (Å²) in [6, 6.07) is 0. The van der Waals surface area contributed by atoms with Crippen LogP contribution in [0.25, 0.3) is 0 Å². The molecular formula is C13H28O3. The first-order valence-electron chi connectivity index (χ1n) is 6.68. The van der Waals surface area contributed by atoms with Gasteiger partial charge in [-0.3, -0.25) is 0 Å². The van der Waals surface area contributed by atoms with Crippen LogP contribution in [0.1, 0.15) is 58.3 Å². The molecule has 2 N–H and O–H groups in total. The minimum atomic E-state index is -0.359. The molecule has 3 heteroatoms. The summed E-state index contributed by atoms with van der Waals surface area (Å²) >= 11 is 0. The van der Waals surface area contributed by atoms with E-state index in [0.717, 1.165) is 12.8 Å². The van der Waals surface area contributed by atoms with Gasteiger partial charge in [-0.05, 0) is 6.42 Å². The SMILES string of the molecule is CCCCCCCCCC(O)COCCO. The third-order valence-electron chi connectivity index (χ3n) is 2.69. The lowest BCUT2D eigenvalue weighted by molar-refractivity contribution is 0.0170. The number of aliphatic hydroxyl groups is 2. The van der Waals surface area contributed by atoms with Gasteiger partial charge >= 0.3 is 0 Å². The summed E-state index contributed by atoms with van der Waals surface area (Å²) in [6.07, 6.45) is 9.34. The topological polar surface area (TPSA) is 49.7 Å². The second-order valence-electron chi connectivity index (χ2n) is 4.36. The molecule has 0 bridgehead atoms. The molecule has 3 nitrogen and oxygen atoms in total. The Morgan fingerprint density at radius 3 is 2.25 bits per heavy atom. The van der Waals surface area contributed by atoms with Crippen molar-refractivity contribution >= 4 is 0 Å². The van der Waals surface area contributed by atoms with Crippen molar-refractivity contribution in [3.05, 3.63) is 0 Å². The molecule has 0 aliphatic rings. The number of ether oxygens (including phenoxy) is 1. The van der Waals surface area contributed by atoms with Crippen molar-refractivity contribution in [2.24, 2.45) is 0 Å². The van der Waals surface area contributed by atoms with Gasteiger partial charge in [-0.1, -0.05) is 51.9 Å². The maximum atomic E-state index is 9.51. The van der Waals surface area contributed by atoms with E-state index in [9.17, 15) is 5.11 Å². The predicted octanol–water partition coefficient (Wildman–Crippen LogP) is 2.50. The fourth-order valence-corrected chi connectivity index (χ4v) is 1.70. The van der Waals surface area contributed by atoms with E-state index in [1.807, 2.05) is 0 Å². The molecule has 0 amide bonds. The van der Waals surface area contributed by atoms with Crippen LogP contribution in [0, 0.1) is 0 Å². The van der Waals surface area contributed by atoms with E-state index in [1.165, 1.54) is 38.5 Å². The average Bonchev–Trinajstić information content (AvgIpc) is 2.28. The number of unbranched alkanes of at least 4 members (excludes halogenated alkanes) is 6. The number of hydrogen-bond donors (Lipinski definition) is 2. The Bertz CT molecular complexity index is 128. The summed E-state index contributed by atoms with van der Waals surface area (Å²) in [5.74, 6) is 0. The van der Waals surface area contributed by atoms with Crippen LogP contribution in [0.15, 0.2) is 0 Å². The Balaban J connectivity index is 3.06. The van der Waals surface area contributed by atoms with Gasteiger partial charge in [0.2, 0.25) is 0 Å². The van der Waals surface area contributed by atoms with Gasteiger partial charge in [-0.2, -0.15) is 0 Å². The van der Waals surface area contributed by atoms with Crippen molar-refractivity contribution in [3.8, 4) is 0 Å².